The van der Waals surface area contributed by atoms with Gasteiger partial charge in [0.2, 0.25) is 5.88 Å². The highest BCUT2D eigenvalue weighted by Crippen LogP contribution is 2.25. The van der Waals surface area contributed by atoms with Crippen LogP contribution in [0.1, 0.15) is 18.4 Å². The van der Waals surface area contributed by atoms with Gasteiger partial charge in [-0.05, 0) is 43.5 Å². The van der Waals surface area contributed by atoms with E-state index >= 15 is 0 Å². The number of amides is 2. The number of ether oxygens (including phenoxy) is 1. The average molecular weight is 354 g/mol. The molecule has 3 rings (SSSR count). The molecule has 0 bridgehead atoms. The van der Waals surface area contributed by atoms with E-state index in [1.807, 2.05) is 24.0 Å². The van der Waals surface area contributed by atoms with Crippen molar-refractivity contribution in [3.8, 4) is 5.88 Å². The minimum absolute atomic E-state index is 0.100. The molecule has 0 spiro atoms. The number of likely N-dealkylation sites (tertiary alicyclic amines) is 1. The fourth-order valence-electron chi connectivity index (χ4n) is 3.33. The summed E-state index contributed by atoms with van der Waals surface area (Å²) in [5.41, 5.74) is 2.80. The lowest BCUT2D eigenvalue weighted by atomic mass is 10.0. The first kappa shape index (κ1) is 18.0. The molecule has 0 atom stereocenters. The van der Waals surface area contributed by atoms with Gasteiger partial charge >= 0.3 is 6.03 Å². The summed E-state index contributed by atoms with van der Waals surface area (Å²) >= 11 is 0. The number of methoxy groups -OCH3 is 1. The number of carbonyl (C=O) groups excluding carboxylic acids is 1. The van der Waals surface area contributed by atoms with Crippen molar-refractivity contribution in [2.45, 2.75) is 25.8 Å². The average Bonchev–Trinajstić information content (AvgIpc) is 2.68. The molecule has 1 saturated heterocycles. The molecule has 1 aromatic carbocycles. The Morgan fingerprint density at radius 2 is 1.96 bits per heavy atom. The van der Waals surface area contributed by atoms with Crippen LogP contribution in [0.3, 0.4) is 0 Å². The SMILES string of the molecule is COc1ncc(C)cc1NC(=O)N1CCC(N(C)c2ccccc2)CC1. The molecule has 26 heavy (non-hydrogen) atoms. The van der Waals surface area contributed by atoms with Crippen molar-refractivity contribution in [2.24, 2.45) is 0 Å². The molecule has 2 amide bonds. The Hall–Kier alpha value is -2.76. The number of carbonyl (C=O) groups is 1. The number of hydrogen-bond acceptors (Lipinski definition) is 4. The van der Waals surface area contributed by atoms with Crippen molar-refractivity contribution < 1.29 is 9.53 Å². The summed E-state index contributed by atoms with van der Waals surface area (Å²) < 4.78 is 5.24. The van der Waals surface area contributed by atoms with Crippen LogP contribution in [0, 0.1) is 6.92 Å². The number of benzene rings is 1. The Morgan fingerprint density at radius 1 is 1.27 bits per heavy atom. The first-order valence-electron chi connectivity index (χ1n) is 8.93. The molecule has 0 aliphatic carbocycles. The van der Waals surface area contributed by atoms with Crippen LogP contribution < -0.4 is 15.0 Å². The number of nitrogens with one attached hydrogen (secondary N) is 1. The number of piperidine rings is 1. The van der Waals surface area contributed by atoms with Gasteiger partial charge < -0.3 is 19.9 Å². The Balaban J connectivity index is 1.58. The Bertz CT molecular complexity index is 743. The lowest BCUT2D eigenvalue weighted by Crippen LogP contribution is -2.47. The Morgan fingerprint density at radius 3 is 2.62 bits per heavy atom. The summed E-state index contributed by atoms with van der Waals surface area (Å²) in [5.74, 6) is 0.433. The van der Waals surface area contributed by atoms with E-state index < -0.39 is 0 Å². The fourth-order valence-corrected chi connectivity index (χ4v) is 3.33. The van der Waals surface area contributed by atoms with Gasteiger partial charge in [-0.1, -0.05) is 18.2 Å². The number of anilines is 2. The van der Waals surface area contributed by atoms with E-state index in [2.05, 4.69) is 46.5 Å². The van der Waals surface area contributed by atoms with Crippen LogP contribution in [-0.4, -0.2) is 49.2 Å². The number of aryl methyl sites for hydroxylation is 1. The van der Waals surface area contributed by atoms with E-state index in [0.717, 1.165) is 31.5 Å². The van der Waals surface area contributed by atoms with Crippen LogP contribution in [0.25, 0.3) is 0 Å². The third-order valence-corrected chi connectivity index (χ3v) is 4.89. The van der Waals surface area contributed by atoms with Gasteiger partial charge in [-0.25, -0.2) is 9.78 Å². The second-order valence-corrected chi connectivity index (χ2v) is 6.66. The van der Waals surface area contributed by atoms with Crippen molar-refractivity contribution in [1.82, 2.24) is 9.88 Å². The summed E-state index contributed by atoms with van der Waals surface area (Å²) in [6, 6.07) is 12.6. The van der Waals surface area contributed by atoms with E-state index in [4.69, 9.17) is 4.74 Å². The van der Waals surface area contributed by atoms with Gasteiger partial charge in [0, 0.05) is 38.1 Å². The van der Waals surface area contributed by atoms with Gasteiger partial charge in [0.25, 0.3) is 0 Å². The van der Waals surface area contributed by atoms with E-state index in [9.17, 15) is 4.79 Å². The maximum Gasteiger partial charge on any atom is 0.321 e. The Kier molecular flexibility index (Phi) is 5.61. The summed E-state index contributed by atoms with van der Waals surface area (Å²) in [6.45, 7) is 3.40. The second-order valence-electron chi connectivity index (χ2n) is 6.66. The number of rotatable bonds is 4. The van der Waals surface area contributed by atoms with Crippen molar-refractivity contribution in [2.75, 3.05) is 37.5 Å². The van der Waals surface area contributed by atoms with Crippen molar-refractivity contribution in [3.63, 3.8) is 0 Å². The highest BCUT2D eigenvalue weighted by Gasteiger charge is 2.26. The van der Waals surface area contributed by atoms with Gasteiger partial charge in [0.05, 0.1) is 7.11 Å². The van der Waals surface area contributed by atoms with Crippen LogP contribution in [0.2, 0.25) is 0 Å². The van der Waals surface area contributed by atoms with E-state index in [1.165, 1.54) is 5.69 Å². The molecule has 138 valence electrons. The van der Waals surface area contributed by atoms with Crippen LogP contribution in [0.5, 0.6) is 5.88 Å². The van der Waals surface area contributed by atoms with Crippen LogP contribution in [0.4, 0.5) is 16.2 Å². The summed E-state index contributed by atoms with van der Waals surface area (Å²) in [4.78, 5) is 21.0. The lowest BCUT2D eigenvalue weighted by Gasteiger charge is -2.37. The summed E-state index contributed by atoms with van der Waals surface area (Å²) in [7, 11) is 3.68. The lowest BCUT2D eigenvalue weighted by molar-refractivity contribution is 0.194. The Labute approximate surface area is 154 Å². The molecule has 6 nitrogen and oxygen atoms in total. The molecule has 1 aliphatic rings. The number of aromatic nitrogens is 1. The number of para-hydroxylation sites is 1. The summed E-state index contributed by atoms with van der Waals surface area (Å²) in [6.07, 6.45) is 3.61. The third kappa shape index (κ3) is 4.07. The normalized spacial score (nSPS) is 14.8. The molecule has 0 radical (unpaired) electrons. The molecule has 6 heteroatoms. The topological polar surface area (TPSA) is 57.7 Å². The molecule has 0 unspecified atom stereocenters. The monoisotopic (exact) mass is 354 g/mol. The minimum atomic E-state index is -0.100. The van der Waals surface area contributed by atoms with Crippen LogP contribution >= 0.6 is 0 Å². The van der Waals surface area contributed by atoms with Crippen molar-refractivity contribution in [1.29, 1.82) is 0 Å². The molecule has 1 N–H and O–H groups in total. The van der Waals surface area contributed by atoms with Gasteiger partial charge in [0.15, 0.2) is 0 Å². The predicted molar refractivity (Wildman–Crippen MR) is 104 cm³/mol. The smallest absolute Gasteiger partial charge is 0.321 e. The second kappa shape index (κ2) is 8.08. The van der Waals surface area contributed by atoms with Crippen molar-refractivity contribution >= 4 is 17.4 Å². The molecular formula is C20H26N4O2. The molecule has 2 aromatic rings. The number of pyridine rings is 1. The molecule has 1 fully saturated rings. The van der Waals surface area contributed by atoms with Gasteiger partial charge in [-0.3, -0.25) is 0 Å². The third-order valence-electron chi connectivity index (χ3n) is 4.89. The van der Waals surface area contributed by atoms with E-state index in [1.54, 1.807) is 13.3 Å². The van der Waals surface area contributed by atoms with Crippen LogP contribution in [0.15, 0.2) is 42.6 Å². The molecule has 1 aromatic heterocycles. The standard InChI is InChI=1S/C20H26N4O2/c1-15-13-18(19(26-3)21-14-15)22-20(25)24-11-9-17(10-12-24)23(2)16-7-5-4-6-8-16/h4-8,13-14,17H,9-12H2,1-3H3,(H,22,25). The largest absolute Gasteiger partial charge is 0.480 e. The van der Waals surface area contributed by atoms with Gasteiger partial charge in [0.1, 0.15) is 5.69 Å². The zero-order valence-corrected chi connectivity index (χ0v) is 15.6. The molecular weight excluding hydrogens is 328 g/mol. The maximum absolute atomic E-state index is 12.6. The van der Waals surface area contributed by atoms with Gasteiger partial charge in [-0.2, -0.15) is 0 Å². The van der Waals surface area contributed by atoms with Gasteiger partial charge in [-0.15, -0.1) is 0 Å². The molecule has 2 heterocycles. The summed E-state index contributed by atoms with van der Waals surface area (Å²) in [5, 5.41) is 2.93. The zero-order valence-electron chi connectivity index (χ0n) is 15.6. The fraction of sp³-hybridized carbons (Fsp3) is 0.400. The number of nitrogens with zero attached hydrogens (tertiary/aromatic N) is 3. The highest BCUT2D eigenvalue weighted by molar-refractivity contribution is 5.90. The van der Waals surface area contributed by atoms with Crippen molar-refractivity contribution in [3.05, 3.63) is 48.2 Å². The zero-order chi connectivity index (χ0) is 18.5. The van der Waals surface area contributed by atoms with E-state index in [-0.39, 0.29) is 6.03 Å². The molecule has 1 aliphatic heterocycles. The first-order chi connectivity index (χ1) is 12.6. The quantitative estimate of drug-likeness (QED) is 0.912. The van der Waals surface area contributed by atoms with Crippen LogP contribution in [-0.2, 0) is 0 Å². The predicted octanol–water partition coefficient (Wildman–Crippen LogP) is 3.53. The van der Waals surface area contributed by atoms with E-state index in [0.29, 0.717) is 17.6 Å². The molecule has 0 saturated carbocycles. The number of hydrogen-bond donors (Lipinski definition) is 1. The highest BCUT2D eigenvalue weighted by atomic mass is 16.5. The first-order valence-corrected chi connectivity index (χ1v) is 8.93. The minimum Gasteiger partial charge on any atom is -0.480 e. The maximum atomic E-state index is 12.6. The number of urea groups is 1.